The molecule has 0 heterocycles. The Morgan fingerprint density at radius 1 is 0.926 bits per heavy atom. The van der Waals surface area contributed by atoms with Crippen LogP contribution in [0.3, 0.4) is 0 Å². The van der Waals surface area contributed by atoms with Crippen LogP contribution in [-0.4, -0.2) is 11.6 Å². The molecule has 0 saturated heterocycles. The Labute approximate surface area is 165 Å². The first-order valence-electron chi connectivity index (χ1n) is 11.2. The summed E-state index contributed by atoms with van der Waals surface area (Å²) in [7, 11) is 0. The molecule has 1 aromatic rings. The molecule has 2 nitrogen and oxygen atoms in total. The number of carbonyl (C=O) groups is 2. The third kappa shape index (κ3) is 6.02. The van der Waals surface area contributed by atoms with E-state index in [-0.39, 0.29) is 5.92 Å². The largest absolute Gasteiger partial charge is 0.299 e. The van der Waals surface area contributed by atoms with Crippen LogP contribution in [0, 0.1) is 23.7 Å². The fourth-order valence-electron chi connectivity index (χ4n) is 5.30. The molecule has 27 heavy (non-hydrogen) atoms. The highest BCUT2D eigenvalue weighted by Crippen LogP contribution is 2.43. The van der Waals surface area contributed by atoms with Gasteiger partial charge in [0.25, 0.3) is 0 Å². The maximum atomic E-state index is 12.6. The molecule has 4 unspecified atom stereocenters. The Balaban J connectivity index is 1.32. The molecule has 2 heteroatoms. The van der Waals surface area contributed by atoms with Crippen LogP contribution in [0.5, 0.6) is 0 Å². The van der Waals surface area contributed by atoms with Crippen LogP contribution in [-0.2, 0) is 16.0 Å². The number of fused-ring (bicyclic) bond motifs is 1. The summed E-state index contributed by atoms with van der Waals surface area (Å²) in [6.45, 7) is 2.03. The van der Waals surface area contributed by atoms with Gasteiger partial charge in [-0.1, -0.05) is 62.9 Å². The molecule has 0 spiro atoms. The molecule has 1 aromatic carbocycles. The molecule has 2 saturated carbocycles. The van der Waals surface area contributed by atoms with E-state index in [0.29, 0.717) is 30.3 Å². The van der Waals surface area contributed by atoms with E-state index in [4.69, 9.17) is 0 Å². The zero-order valence-electron chi connectivity index (χ0n) is 17.0. The molecule has 148 valence electrons. The van der Waals surface area contributed by atoms with Gasteiger partial charge >= 0.3 is 0 Å². The van der Waals surface area contributed by atoms with Crippen molar-refractivity contribution in [2.75, 3.05) is 0 Å². The van der Waals surface area contributed by atoms with Gasteiger partial charge < -0.3 is 0 Å². The van der Waals surface area contributed by atoms with Crippen molar-refractivity contribution in [2.45, 2.75) is 84.0 Å². The van der Waals surface area contributed by atoms with E-state index in [9.17, 15) is 9.59 Å². The van der Waals surface area contributed by atoms with Crippen LogP contribution >= 0.6 is 0 Å². The molecular weight excluding hydrogens is 332 g/mol. The number of ketones is 2. The topological polar surface area (TPSA) is 34.1 Å². The van der Waals surface area contributed by atoms with Crippen molar-refractivity contribution < 1.29 is 9.59 Å². The van der Waals surface area contributed by atoms with Gasteiger partial charge in [0.05, 0.1) is 0 Å². The second kappa shape index (κ2) is 10.2. The average molecular weight is 369 g/mol. The number of unbranched alkanes of at least 4 members (excludes halogenated alkanes) is 1. The minimum atomic E-state index is 0.0738. The number of carbonyl (C=O) groups excluding carboxylic acids is 2. The zero-order chi connectivity index (χ0) is 19.1. The van der Waals surface area contributed by atoms with Crippen LogP contribution < -0.4 is 0 Å². The first-order valence-corrected chi connectivity index (χ1v) is 11.2. The standard InChI is InChI=1S/C25H36O2/c1-19(17-20-9-3-2-4-10-20)24(26)13-7-8-14-25(27)23-16-15-21-11-5-6-12-22(21)18-23/h2-4,9-10,19,21-23H,5-8,11-18H2,1H3. The van der Waals surface area contributed by atoms with Gasteiger partial charge in [-0.05, 0) is 55.9 Å². The van der Waals surface area contributed by atoms with Crippen LogP contribution in [0.4, 0.5) is 0 Å². The molecule has 0 radical (unpaired) electrons. The summed E-state index contributed by atoms with van der Waals surface area (Å²) in [6, 6.07) is 10.2. The maximum Gasteiger partial charge on any atom is 0.136 e. The number of rotatable bonds is 9. The predicted molar refractivity (Wildman–Crippen MR) is 111 cm³/mol. The summed E-state index contributed by atoms with van der Waals surface area (Å²) in [6.07, 6.45) is 12.9. The SMILES string of the molecule is CC(Cc1ccccc1)C(=O)CCCCC(=O)C1CCC2CCCCC2C1. The molecule has 3 rings (SSSR count). The van der Waals surface area contributed by atoms with Crippen molar-refractivity contribution in [1.29, 1.82) is 0 Å². The Kier molecular flexibility index (Phi) is 7.67. The van der Waals surface area contributed by atoms with Crippen molar-refractivity contribution in [3.63, 3.8) is 0 Å². The van der Waals surface area contributed by atoms with Crippen molar-refractivity contribution in [1.82, 2.24) is 0 Å². The lowest BCUT2D eigenvalue weighted by atomic mass is 9.66. The van der Waals surface area contributed by atoms with E-state index in [0.717, 1.165) is 43.9 Å². The van der Waals surface area contributed by atoms with Gasteiger partial charge in [-0.15, -0.1) is 0 Å². The lowest BCUT2D eigenvalue weighted by Crippen LogP contribution is -2.31. The maximum absolute atomic E-state index is 12.6. The predicted octanol–water partition coefficient (Wildman–Crippen LogP) is 6.17. The van der Waals surface area contributed by atoms with Gasteiger partial charge in [0, 0.05) is 24.7 Å². The van der Waals surface area contributed by atoms with Crippen LogP contribution in [0.1, 0.15) is 83.1 Å². The van der Waals surface area contributed by atoms with Gasteiger partial charge in [-0.2, -0.15) is 0 Å². The first-order chi connectivity index (χ1) is 13.1. The fourth-order valence-corrected chi connectivity index (χ4v) is 5.30. The zero-order valence-corrected chi connectivity index (χ0v) is 17.0. The van der Waals surface area contributed by atoms with E-state index in [1.807, 2.05) is 25.1 Å². The number of hydrogen-bond donors (Lipinski definition) is 0. The lowest BCUT2D eigenvalue weighted by molar-refractivity contribution is -0.126. The van der Waals surface area contributed by atoms with Crippen molar-refractivity contribution in [3.05, 3.63) is 35.9 Å². The highest BCUT2D eigenvalue weighted by atomic mass is 16.1. The summed E-state index contributed by atoms with van der Waals surface area (Å²) < 4.78 is 0. The Hall–Kier alpha value is -1.44. The molecule has 0 amide bonds. The normalized spacial score (nSPS) is 26.2. The number of Topliss-reactive ketones (excluding diaryl/α,β-unsaturated/α-hetero) is 2. The summed E-state index contributed by atoms with van der Waals surface area (Å²) in [4.78, 5) is 25.0. The fraction of sp³-hybridized carbons (Fsp3) is 0.680. The number of benzene rings is 1. The molecule has 0 bridgehead atoms. The van der Waals surface area contributed by atoms with Crippen LogP contribution in [0.15, 0.2) is 30.3 Å². The minimum absolute atomic E-state index is 0.0738. The third-order valence-corrected chi connectivity index (χ3v) is 7.03. The summed E-state index contributed by atoms with van der Waals surface area (Å²) in [5.74, 6) is 2.94. The third-order valence-electron chi connectivity index (χ3n) is 7.03. The summed E-state index contributed by atoms with van der Waals surface area (Å²) >= 11 is 0. The van der Waals surface area contributed by atoms with E-state index >= 15 is 0 Å². The number of hydrogen-bond acceptors (Lipinski definition) is 2. The van der Waals surface area contributed by atoms with E-state index in [1.165, 1.54) is 37.7 Å². The van der Waals surface area contributed by atoms with Gasteiger partial charge in [0.15, 0.2) is 0 Å². The van der Waals surface area contributed by atoms with E-state index in [2.05, 4.69) is 12.1 Å². The van der Waals surface area contributed by atoms with Gasteiger partial charge in [0.2, 0.25) is 0 Å². The Morgan fingerprint density at radius 3 is 2.41 bits per heavy atom. The molecule has 0 aliphatic heterocycles. The molecule has 4 atom stereocenters. The quantitative estimate of drug-likeness (QED) is 0.488. The van der Waals surface area contributed by atoms with Crippen molar-refractivity contribution in [3.8, 4) is 0 Å². The van der Waals surface area contributed by atoms with Gasteiger partial charge in [0.1, 0.15) is 11.6 Å². The lowest BCUT2D eigenvalue weighted by Gasteiger charge is -2.38. The summed E-state index contributed by atoms with van der Waals surface area (Å²) in [5.41, 5.74) is 1.23. The molecular formula is C25H36O2. The minimum Gasteiger partial charge on any atom is -0.299 e. The monoisotopic (exact) mass is 368 g/mol. The highest BCUT2D eigenvalue weighted by Gasteiger charge is 2.34. The smallest absolute Gasteiger partial charge is 0.136 e. The molecule has 2 fully saturated rings. The van der Waals surface area contributed by atoms with E-state index in [1.54, 1.807) is 0 Å². The second-order valence-corrected chi connectivity index (χ2v) is 9.05. The van der Waals surface area contributed by atoms with Gasteiger partial charge in [-0.25, -0.2) is 0 Å². The van der Waals surface area contributed by atoms with Crippen molar-refractivity contribution >= 4 is 11.6 Å². The molecule has 0 aromatic heterocycles. The summed E-state index contributed by atoms with van der Waals surface area (Å²) in [5, 5.41) is 0. The highest BCUT2D eigenvalue weighted by molar-refractivity contribution is 5.82. The van der Waals surface area contributed by atoms with Crippen molar-refractivity contribution in [2.24, 2.45) is 23.7 Å². The van der Waals surface area contributed by atoms with Gasteiger partial charge in [-0.3, -0.25) is 9.59 Å². The first kappa shape index (κ1) is 20.3. The molecule has 2 aliphatic rings. The Morgan fingerprint density at radius 2 is 1.63 bits per heavy atom. The second-order valence-electron chi connectivity index (χ2n) is 9.05. The van der Waals surface area contributed by atoms with Crippen LogP contribution in [0.2, 0.25) is 0 Å². The molecule has 0 N–H and O–H groups in total. The Bertz CT molecular complexity index is 606. The average Bonchev–Trinajstić information content (AvgIpc) is 2.71. The van der Waals surface area contributed by atoms with E-state index < -0.39 is 0 Å². The van der Waals surface area contributed by atoms with Crippen LogP contribution in [0.25, 0.3) is 0 Å². The molecule has 2 aliphatic carbocycles.